The van der Waals surface area contributed by atoms with Crippen molar-refractivity contribution in [2.75, 3.05) is 10.6 Å². The molecule has 0 aliphatic carbocycles. The second-order valence-electron chi connectivity index (χ2n) is 7.26. The summed E-state index contributed by atoms with van der Waals surface area (Å²) in [7, 11) is 1.92. The summed E-state index contributed by atoms with van der Waals surface area (Å²) in [5, 5.41) is 16.0. The Kier molecular flexibility index (Phi) is 3.40. The molecule has 6 rings (SSSR count). The molecule has 5 aromatic rings. The summed E-state index contributed by atoms with van der Waals surface area (Å²) < 4.78 is 3.61. The summed E-state index contributed by atoms with van der Waals surface area (Å²) in [6, 6.07) is 11.8. The van der Waals surface area contributed by atoms with Crippen LogP contribution in [0.5, 0.6) is 0 Å². The molecule has 0 saturated carbocycles. The summed E-state index contributed by atoms with van der Waals surface area (Å²) in [4.78, 5) is 20.5. The van der Waals surface area contributed by atoms with Gasteiger partial charge >= 0.3 is 0 Å². The van der Waals surface area contributed by atoms with E-state index < -0.39 is 0 Å². The first kappa shape index (κ1) is 16.7. The van der Waals surface area contributed by atoms with Gasteiger partial charge in [-0.15, -0.1) is 5.10 Å². The van der Waals surface area contributed by atoms with Gasteiger partial charge in [0.2, 0.25) is 11.9 Å². The number of nitrogens with one attached hydrogen (secondary N) is 2. The van der Waals surface area contributed by atoms with Gasteiger partial charge in [-0.3, -0.25) is 14.5 Å². The monoisotopic (exact) mass is 396 g/mol. The molecule has 9 nitrogen and oxygen atoms in total. The highest BCUT2D eigenvalue weighted by molar-refractivity contribution is 5.99. The molecule has 1 aliphatic rings. The number of amides is 1. The van der Waals surface area contributed by atoms with Crippen LogP contribution < -0.4 is 10.6 Å². The van der Waals surface area contributed by atoms with Gasteiger partial charge < -0.3 is 10.6 Å². The van der Waals surface area contributed by atoms with Crippen LogP contribution in [0.4, 0.5) is 17.3 Å². The lowest BCUT2D eigenvalue weighted by Crippen LogP contribution is -2.03. The third-order valence-electron chi connectivity index (χ3n) is 5.28. The number of aryl methyl sites for hydroxylation is 1. The Hall–Kier alpha value is -4.27. The van der Waals surface area contributed by atoms with Gasteiger partial charge in [0.25, 0.3) is 0 Å². The van der Waals surface area contributed by atoms with E-state index in [1.165, 1.54) is 0 Å². The average molecular weight is 396 g/mol. The van der Waals surface area contributed by atoms with Gasteiger partial charge in [0.15, 0.2) is 5.65 Å². The zero-order valence-electron chi connectivity index (χ0n) is 16.0. The number of carbonyl (C=O) groups excluding carboxylic acids is 1. The van der Waals surface area contributed by atoms with Crippen molar-refractivity contribution >= 4 is 39.8 Å². The van der Waals surface area contributed by atoms with Crippen LogP contribution in [0.15, 0.2) is 55.0 Å². The molecule has 2 aromatic carbocycles. The molecule has 0 bridgehead atoms. The van der Waals surface area contributed by atoms with Gasteiger partial charge in [-0.2, -0.15) is 10.1 Å². The Bertz CT molecular complexity index is 1460. The Morgan fingerprint density at radius 3 is 2.97 bits per heavy atom. The molecule has 3 aromatic heterocycles. The van der Waals surface area contributed by atoms with Crippen LogP contribution in [0.2, 0.25) is 0 Å². The first-order valence-electron chi connectivity index (χ1n) is 9.47. The summed E-state index contributed by atoms with van der Waals surface area (Å²) in [5.41, 5.74) is 6.15. The summed E-state index contributed by atoms with van der Waals surface area (Å²) in [5.74, 6) is 0.471. The highest BCUT2D eigenvalue weighted by Gasteiger charge is 2.18. The van der Waals surface area contributed by atoms with Crippen LogP contribution in [0.1, 0.15) is 5.56 Å². The molecule has 0 radical (unpaired) electrons. The number of aromatic nitrogens is 6. The van der Waals surface area contributed by atoms with Gasteiger partial charge in [0.1, 0.15) is 0 Å². The lowest BCUT2D eigenvalue weighted by atomic mass is 10.1. The van der Waals surface area contributed by atoms with E-state index in [1.807, 2.05) is 48.3 Å². The molecule has 9 heteroatoms. The molecule has 146 valence electrons. The minimum Gasteiger partial charge on any atom is -0.326 e. The summed E-state index contributed by atoms with van der Waals surface area (Å²) in [6.07, 6.45) is 5.67. The predicted molar refractivity (Wildman–Crippen MR) is 113 cm³/mol. The van der Waals surface area contributed by atoms with Crippen LogP contribution >= 0.6 is 0 Å². The van der Waals surface area contributed by atoms with E-state index in [1.54, 1.807) is 16.9 Å². The van der Waals surface area contributed by atoms with E-state index in [-0.39, 0.29) is 5.91 Å². The van der Waals surface area contributed by atoms with Gasteiger partial charge in [-0.1, -0.05) is 6.07 Å². The van der Waals surface area contributed by atoms with E-state index in [9.17, 15) is 4.79 Å². The van der Waals surface area contributed by atoms with Crippen molar-refractivity contribution < 1.29 is 4.79 Å². The van der Waals surface area contributed by atoms with Crippen LogP contribution in [0.3, 0.4) is 0 Å². The zero-order chi connectivity index (χ0) is 20.2. The van der Waals surface area contributed by atoms with Crippen molar-refractivity contribution in [2.45, 2.75) is 6.42 Å². The number of hydrogen-bond acceptors (Lipinski definition) is 6. The SMILES string of the molecule is Cn1ncc2cc(-c3cncc4nc(Nc5ccc6c(c5)CC(=O)N6)nn34)ccc21. The van der Waals surface area contributed by atoms with Gasteiger partial charge in [0, 0.05) is 29.4 Å². The quantitative estimate of drug-likeness (QED) is 0.486. The second-order valence-corrected chi connectivity index (χ2v) is 7.26. The topological polar surface area (TPSA) is 102 Å². The van der Waals surface area contributed by atoms with Crippen molar-refractivity contribution in [3.05, 3.63) is 60.6 Å². The molecule has 30 heavy (non-hydrogen) atoms. The summed E-state index contributed by atoms with van der Waals surface area (Å²) in [6.45, 7) is 0. The molecule has 0 fully saturated rings. The van der Waals surface area contributed by atoms with Crippen molar-refractivity contribution in [2.24, 2.45) is 7.05 Å². The third kappa shape index (κ3) is 2.60. The molecule has 0 saturated heterocycles. The molecule has 0 spiro atoms. The molecule has 0 unspecified atom stereocenters. The maximum Gasteiger partial charge on any atom is 0.247 e. The summed E-state index contributed by atoms with van der Waals surface area (Å²) >= 11 is 0. The standard InChI is InChI=1S/C21H16N8O/c1-28-17-5-2-12(6-14(17)9-23-28)18-10-22-11-19-26-21(27-29(18)19)24-15-3-4-16-13(7-15)8-20(30)25-16/h2-7,9-11H,8H2,1H3,(H,24,27)(H,25,30). The molecule has 1 amide bonds. The number of nitrogens with zero attached hydrogens (tertiary/aromatic N) is 6. The average Bonchev–Trinajstić information content (AvgIpc) is 3.43. The maximum absolute atomic E-state index is 11.6. The minimum absolute atomic E-state index is 0.00862. The normalized spacial score (nSPS) is 13.0. The van der Waals surface area contributed by atoms with Crippen molar-refractivity contribution in [1.29, 1.82) is 0 Å². The molecular weight excluding hydrogens is 380 g/mol. The molecular formula is C21H16N8O. The number of anilines is 3. The van der Waals surface area contributed by atoms with Crippen molar-refractivity contribution in [1.82, 2.24) is 29.4 Å². The highest BCUT2D eigenvalue weighted by atomic mass is 16.1. The van der Waals surface area contributed by atoms with E-state index in [0.29, 0.717) is 18.0 Å². The Morgan fingerprint density at radius 2 is 2.03 bits per heavy atom. The minimum atomic E-state index is 0.00862. The number of rotatable bonds is 3. The fourth-order valence-corrected chi connectivity index (χ4v) is 3.82. The first-order valence-corrected chi connectivity index (χ1v) is 9.47. The number of fused-ring (bicyclic) bond motifs is 3. The van der Waals surface area contributed by atoms with Gasteiger partial charge in [-0.05, 0) is 35.9 Å². The molecule has 2 N–H and O–H groups in total. The van der Waals surface area contributed by atoms with Gasteiger partial charge in [0.05, 0.1) is 36.2 Å². The van der Waals surface area contributed by atoms with E-state index in [4.69, 9.17) is 0 Å². The number of hydrogen-bond donors (Lipinski definition) is 2. The molecule has 4 heterocycles. The number of carbonyl (C=O) groups is 1. The lowest BCUT2D eigenvalue weighted by molar-refractivity contribution is -0.115. The van der Waals surface area contributed by atoms with E-state index >= 15 is 0 Å². The Balaban J connectivity index is 1.38. The number of benzene rings is 2. The fourth-order valence-electron chi connectivity index (χ4n) is 3.82. The van der Waals surface area contributed by atoms with Gasteiger partial charge in [-0.25, -0.2) is 4.52 Å². The van der Waals surface area contributed by atoms with Crippen molar-refractivity contribution in [3.63, 3.8) is 0 Å². The lowest BCUT2D eigenvalue weighted by Gasteiger charge is -2.05. The fraction of sp³-hybridized carbons (Fsp3) is 0.0952. The van der Waals surface area contributed by atoms with Crippen LogP contribution in [-0.4, -0.2) is 35.3 Å². The Labute approximate surface area is 170 Å². The van der Waals surface area contributed by atoms with Crippen molar-refractivity contribution in [3.8, 4) is 11.3 Å². The van der Waals surface area contributed by atoms with E-state index in [0.717, 1.165) is 39.1 Å². The second kappa shape index (κ2) is 6.11. The Morgan fingerprint density at radius 1 is 1.10 bits per heavy atom. The largest absolute Gasteiger partial charge is 0.326 e. The highest BCUT2D eigenvalue weighted by Crippen LogP contribution is 2.28. The molecule has 0 atom stereocenters. The zero-order valence-corrected chi connectivity index (χ0v) is 16.0. The van der Waals surface area contributed by atoms with Crippen LogP contribution in [0, 0.1) is 0 Å². The molecule has 1 aliphatic heterocycles. The van der Waals surface area contributed by atoms with E-state index in [2.05, 4.69) is 36.9 Å². The van der Waals surface area contributed by atoms with Crippen LogP contribution in [0.25, 0.3) is 27.8 Å². The smallest absolute Gasteiger partial charge is 0.247 e. The predicted octanol–water partition coefficient (Wildman–Crippen LogP) is 2.92. The first-order chi connectivity index (χ1) is 14.6. The van der Waals surface area contributed by atoms with Crippen LogP contribution in [-0.2, 0) is 18.3 Å². The maximum atomic E-state index is 11.6. The third-order valence-corrected chi connectivity index (χ3v) is 5.28.